The van der Waals surface area contributed by atoms with Crippen molar-refractivity contribution in [2.75, 3.05) is 4.72 Å². The molecule has 0 saturated carbocycles. The second-order valence-corrected chi connectivity index (χ2v) is 9.22. The van der Waals surface area contributed by atoms with Crippen LogP contribution < -0.4 is 4.72 Å². The zero-order valence-corrected chi connectivity index (χ0v) is 17.3. The molecule has 0 fully saturated rings. The molecule has 0 spiro atoms. The maximum Gasteiger partial charge on any atom is 0.263 e. The summed E-state index contributed by atoms with van der Waals surface area (Å²) in [5.41, 5.74) is 1.84. The van der Waals surface area contributed by atoms with Gasteiger partial charge in [-0.3, -0.25) is 4.72 Å². The van der Waals surface area contributed by atoms with E-state index in [0.29, 0.717) is 22.7 Å². The number of anilines is 1. The highest BCUT2D eigenvalue weighted by molar-refractivity contribution is 7.93. The minimum absolute atomic E-state index is 0.0908. The Morgan fingerprint density at radius 1 is 1.21 bits per heavy atom. The Morgan fingerprint density at radius 2 is 1.93 bits per heavy atom. The molecule has 9 heteroatoms. The van der Waals surface area contributed by atoms with Crippen molar-refractivity contribution < 1.29 is 17.9 Å². The first-order valence-electron chi connectivity index (χ1n) is 8.39. The van der Waals surface area contributed by atoms with E-state index in [-0.39, 0.29) is 22.3 Å². The summed E-state index contributed by atoms with van der Waals surface area (Å²) in [5.74, 6) is -0.329. The Bertz CT molecular complexity index is 1070. The highest BCUT2D eigenvalue weighted by atomic mass is 35.5. The Balaban J connectivity index is 1.66. The average molecular weight is 441 g/mol. The smallest absolute Gasteiger partial charge is 0.263 e. The molecule has 2 N–H and O–H groups in total. The normalized spacial score (nSPS) is 12.7. The van der Waals surface area contributed by atoms with Crippen molar-refractivity contribution in [1.29, 1.82) is 0 Å². The lowest BCUT2D eigenvalue weighted by Gasteiger charge is -2.10. The highest BCUT2D eigenvalue weighted by Gasteiger charge is 2.20. The fraction of sp³-hybridized carbons (Fsp3) is 0.211. The van der Waals surface area contributed by atoms with Crippen molar-refractivity contribution in [3.63, 3.8) is 0 Å². The summed E-state index contributed by atoms with van der Waals surface area (Å²) in [7, 11) is -3.82. The van der Waals surface area contributed by atoms with Crippen LogP contribution in [0.1, 0.15) is 16.8 Å². The third-order valence-corrected chi connectivity index (χ3v) is 6.94. The van der Waals surface area contributed by atoms with E-state index in [0.717, 1.165) is 16.9 Å². The van der Waals surface area contributed by atoms with Gasteiger partial charge in [-0.05, 0) is 48.7 Å². The van der Waals surface area contributed by atoms with Gasteiger partial charge in [0, 0.05) is 16.8 Å². The number of aromatic nitrogens is 1. The number of sulfonamides is 1. The fourth-order valence-electron chi connectivity index (χ4n) is 2.70. The molecule has 2 aromatic carbocycles. The minimum Gasteiger partial charge on any atom is -0.392 e. The molecule has 148 valence electrons. The third-order valence-electron chi connectivity index (χ3n) is 4.11. The van der Waals surface area contributed by atoms with Crippen LogP contribution in [0, 0.1) is 12.7 Å². The van der Waals surface area contributed by atoms with Gasteiger partial charge in [0.15, 0.2) is 5.13 Å². The van der Waals surface area contributed by atoms with E-state index >= 15 is 0 Å². The van der Waals surface area contributed by atoms with Gasteiger partial charge in [0.2, 0.25) is 0 Å². The number of rotatable bonds is 7. The lowest BCUT2D eigenvalue weighted by atomic mass is 10.0. The Hall–Kier alpha value is -2.00. The first kappa shape index (κ1) is 20.7. The number of halogens is 2. The summed E-state index contributed by atoms with van der Waals surface area (Å²) in [4.78, 5) is 4.33. The molecule has 0 amide bonds. The molecule has 0 aliphatic rings. The topological polar surface area (TPSA) is 79.3 Å². The number of thiazole rings is 1. The van der Waals surface area contributed by atoms with Crippen LogP contribution in [-0.4, -0.2) is 24.6 Å². The summed E-state index contributed by atoms with van der Waals surface area (Å²) in [6.07, 6.45) is -0.112. The second-order valence-electron chi connectivity index (χ2n) is 6.30. The van der Waals surface area contributed by atoms with Gasteiger partial charge in [-0.15, -0.1) is 11.3 Å². The minimum atomic E-state index is -3.82. The van der Waals surface area contributed by atoms with Crippen LogP contribution in [0.25, 0.3) is 0 Å². The Morgan fingerprint density at radius 3 is 2.64 bits per heavy atom. The van der Waals surface area contributed by atoms with E-state index in [9.17, 15) is 17.9 Å². The lowest BCUT2D eigenvalue weighted by molar-refractivity contribution is 0.174. The third kappa shape index (κ3) is 5.08. The number of hydrogen-bond donors (Lipinski definition) is 2. The zero-order chi connectivity index (χ0) is 20.3. The van der Waals surface area contributed by atoms with Crippen LogP contribution in [-0.2, 0) is 22.9 Å². The predicted molar refractivity (Wildman–Crippen MR) is 109 cm³/mol. The lowest BCUT2D eigenvalue weighted by Crippen LogP contribution is -2.15. The van der Waals surface area contributed by atoms with E-state index in [4.69, 9.17) is 11.6 Å². The van der Waals surface area contributed by atoms with Gasteiger partial charge >= 0.3 is 0 Å². The van der Waals surface area contributed by atoms with E-state index < -0.39 is 16.1 Å². The van der Waals surface area contributed by atoms with E-state index in [1.54, 1.807) is 36.6 Å². The molecule has 0 bridgehead atoms. The molecule has 0 saturated heterocycles. The van der Waals surface area contributed by atoms with Gasteiger partial charge in [0.1, 0.15) is 5.82 Å². The number of nitrogens with zero attached hydrogens (tertiary/aromatic N) is 1. The average Bonchev–Trinajstić information content (AvgIpc) is 3.05. The molecule has 1 aromatic heterocycles. The first-order valence-corrected chi connectivity index (χ1v) is 11.1. The molecule has 28 heavy (non-hydrogen) atoms. The monoisotopic (exact) mass is 440 g/mol. The number of hydrogen-bond acceptors (Lipinski definition) is 5. The molecular formula is C19H18ClFN2O3S2. The van der Waals surface area contributed by atoms with Crippen LogP contribution >= 0.6 is 22.9 Å². The number of aliphatic hydroxyl groups is 1. The second kappa shape index (κ2) is 8.57. The molecule has 0 aliphatic carbocycles. The highest BCUT2D eigenvalue weighted by Crippen LogP contribution is 2.26. The molecule has 3 aromatic rings. The van der Waals surface area contributed by atoms with Crippen LogP contribution in [0.2, 0.25) is 5.02 Å². The summed E-state index contributed by atoms with van der Waals surface area (Å²) < 4.78 is 40.6. The van der Waals surface area contributed by atoms with Crippen LogP contribution in [0.15, 0.2) is 52.7 Å². The summed E-state index contributed by atoms with van der Waals surface area (Å²) in [5, 5.41) is 12.5. The molecule has 0 radical (unpaired) electrons. The van der Waals surface area contributed by atoms with Crippen molar-refractivity contribution in [1.82, 2.24) is 4.98 Å². The fourth-order valence-corrected chi connectivity index (χ4v) is 5.18. The Labute approximate surface area is 171 Å². The van der Waals surface area contributed by atoms with E-state index in [1.165, 1.54) is 18.2 Å². The molecule has 1 unspecified atom stereocenters. The Kier molecular flexibility index (Phi) is 6.34. The molecule has 1 heterocycles. The zero-order valence-electron chi connectivity index (χ0n) is 14.9. The van der Waals surface area contributed by atoms with Gasteiger partial charge in [-0.2, -0.15) is 0 Å². The molecule has 3 rings (SSSR count). The SMILES string of the molecule is Cc1c(Cl)cccc1S(=O)(=O)Nc1nc(CC(O)Cc2ccc(F)cc2)cs1. The summed E-state index contributed by atoms with van der Waals surface area (Å²) >= 11 is 7.14. The quantitative estimate of drug-likeness (QED) is 0.577. The number of aliphatic hydroxyl groups excluding tert-OH is 1. The van der Waals surface area contributed by atoms with Crippen LogP contribution in [0.3, 0.4) is 0 Å². The molecular weight excluding hydrogens is 423 g/mol. The molecule has 0 aliphatic heterocycles. The van der Waals surface area contributed by atoms with E-state index in [1.807, 2.05) is 0 Å². The van der Waals surface area contributed by atoms with Crippen molar-refractivity contribution in [3.05, 3.63) is 75.5 Å². The van der Waals surface area contributed by atoms with Crippen molar-refractivity contribution >= 4 is 38.1 Å². The number of benzene rings is 2. The number of nitrogens with one attached hydrogen (secondary N) is 1. The van der Waals surface area contributed by atoms with Gasteiger partial charge < -0.3 is 5.11 Å². The van der Waals surface area contributed by atoms with Gasteiger partial charge in [0.25, 0.3) is 10.0 Å². The standard InChI is InChI=1S/C19H18ClFN2O3S2/c1-12-17(20)3-2-4-18(12)28(25,26)23-19-22-15(11-27-19)10-16(24)9-13-5-7-14(21)8-6-13/h2-8,11,16,24H,9-10H2,1H3,(H,22,23). The maximum absolute atomic E-state index is 12.9. The predicted octanol–water partition coefficient (Wildman–Crippen LogP) is 4.19. The summed E-state index contributed by atoms with van der Waals surface area (Å²) in [6.45, 7) is 1.63. The maximum atomic E-state index is 12.9. The van der Waals surface area contributed by atoms with Gasteiger partial charge in [-0.25, -0.2) is 17.8 Å². The molecule has 5 nitrogen and oxygen atoms in total. The van der Waals surface area contributed by atoms with Crippen molar-refractivity contribution in [2.24, 2.45) is 0 Å². The summed E-state index contributed by atoms with van der Waals surface area (Å²) in [6, 6.07) is 10.6. The molecule has 1 atom stereocenters. The van der Waals surface area contributed by atoms with Crippen molar-refractivity contribution in [2.45, 2.75) is 30.8 Å². The van der Waals surface area contributed by atoms with Gasteiger partial charge in [0.05, 0.1) is 16.7 Å². The largest absolute Gasteiger partial charge is 0.392 e. The van der Waals surface area contributed by atoms with Crippen LogP contribution in [0.4, 0.5) is 9.52 Å². The first-order chi connectivity index (χ1) is 13.2. The van der Waals surface area contributed by atoms with Crippen molar-refractivity contribution in [3.8, 4) is 0 Å². The van der Waals surface area contributed by atoms with Gasteiger partial charge in [-0.1, -0.05) is 29.8 Å². The van der Waals surface area contributed by atoms with E-state index in [2.05, 4.69) is 9.71 Å². The van der Waals surface area contributed by atoms with Crippen LogP contribution in [0.5, 0.6) is 0 Å².